The van der Waals surface area contributed by atoms with Gasteiger partial charge in [-0.05, 0) is 51.1 Å². The van der Waals surface area contributed by atoms with Gasteiger partial charge in [0.25, 0.3) is 5.91 Å². The highest BCUT2D eigenvalue weighted by molar-refractivity contribution is 5.92. The monoisotopic (exact) mass is 276 g/mol. The van der Waals surface area contributed by atoms with Crippen LogP contribution in [0.5, 0.6) is 0 Å². The molecule has 1 aromatic heterocycles. The Bertz CT molecular complexity index is 490. The highest BCUT2D eigenvalue weighted by Crippen LogP contribution is 2.25. The maximum Gasteiger partial charge on any atom is 0.272 e. The van der Waals surface area contributed by atoms with Gasteiger partial charge in [-0.2, -0.15) is 5.10 Å². The predicted molar refractivity (Wildman–Crippen MR) is 77.6 cm³/mol. The van der Waals surface area contributed by atoms with E-state index in [1.165, 1.54) is 19.3 Å². The van der Waals surface area contributed by atoms with Gasteiger partial charge in [-0.15, -0.1) is 0 Å². The summed E-state index contributed by atoms with van der Waals surface area (Å²) in [6.45, 7) is 4.83. The van der Waals surface area contributed by atoms with E-state index < -0.39 is 0 Å². The Morgan fingerprint density at radius 2 is 2.25 bits per heavy atom. The van der Waals surface area contributed by atoms with Crippen LogP contribution in [0, 0.1) is 12.8 Å². The molecule has 0 saturated carbocycles. The van der Waals surface area contributed by atoms with E-state index >= 15 is 0 Å². The Hall–Kier alpha value is -1.36. The Labute approximate surface area is 120 Å². The molecule has 20 heavy (non-hydrogen) atoms. The Balaban J connectivity index is 1.70. The molecule has 1 N–H and O–H groups in total. The lowest BCUT2D eigenvalue weighted by Crippen LogP contribution is -2.46. The van der Waals surface area contributed by atoms with E-state index in [4.69, 9.17) is 0 Å². The maximum absolute atomic E-state index is 12.6. The van der Waals surface area contributed by atoms with Crippen LogP contribution in [-0.2, 0) is 7.05 Å². The highest BCUT2D eigenvalue weighted by Gasteiger charge is 2.31. The number of hydrogen-bond acceptors (Lipinski definition) is 3. The molecule has 2 fully saturated rings. The third-order valence-corrected chi connectivity index (χ3v) is 4.63. The molecule has 0 radical (unpaired) electrons. The molecule has 2 saturated heterocycles. The van der Waals surface area contributed by atoms with Gasteiger partial charge >= 0.3 is 0 Å². The second kappa shape index (κ2) is 5.56. The third kappa shape index (κ3) is 2.59. The van der Waals surface area contributed by atoms with Gasteiger partial charge in [0.05, 0.1) is 5.69 Å². The Morgan fingerprint density at radius 3 is 2.90 bits per heavy atom. The topological polar surface area (TPSA) is 50.2 Å². The number of carbonyl (C=O) groups is 1. The highest BCUT2D eigenvalue weighted by atomic mass is 16.2. The quantitative estimate of drug-likeness (QED) is 0.886. The van der Waals surface area contributed by atoms with Crippen LogP contribution in [0.2, 0.25) is 0 Å². The lowest BCUT2D eigenvalue weighted by atomic mass is 9.89. The molecule has 3 rings (SSSR count). The van der Waals surface area contributed by atoms with Crippen molar-refractivity contribution < 1.29 is 4.79 Å². The van der Waals surface area contributed by atoms with Crippen LogP contribution in [0.15, 0.2) is 6.07 Å². The molecule has 2 aliphatic heterocycles. The minimum Gasteiger partial charge on any atom is -0.337 e. The fourth-order valence-corrected chi connectivity index (χ4v) is 3.61. The second-order valence-corrected chi connectivity index (χ2v) is 6.15. The average molecular weight is 276 g/mol. The number of aromatic nitrogens is 2. The second-order valence-electron chi connectivity index (χ2n) is 6.15. The molecule has 2 atom stereocenters. The van der Waals surface area contributed by atoms with Crippen molar-refractivity contribution in [3.8, 4) is 0 Å². The first-order chi connectivity index (χ1) is 9.65. The van der Waals surface area contributed by atoms with Crippen LogP contribution < -0.4 is 5.32 Å². The zero-order chi connectivity index (χ0) is 14.1. The van der Waals surface area contributed by atoms with Gasteiger partial charge < -0.3 is 10.2 Å². The van der Waals surface area contributed by atoms with Gasteiger partial charge in [0.2, 0.25) is 0 Å². The van der Waals surface area contributed by atoms with Gasteiger partial charge in [-0.3, -0.25) is 9.48 Å². The van der Waals surface area contributed by atoms with E-state index in [0.717, 1.165) is 31.7 Å². The predicted octanol–water partition coefficient (Wildman–Crippen LogP) is 1.33. The summed E-state index contributed by atoms with van der Waals surface area (Å²) in [6.07, 6.45) is 4.89. The van der Waals surface area contributed by atoms with Crippen molar-refractivity contribution in [1.29, 1.82) is 0 Å². The molecule has 2 unspecified atom stereocenters. The molecule has 5 nitrogen and oxygen atoms in total. The Morgan fingerprint density at radius 1 is 1.40 bits per heavy atom. The molecule has 0 bridgehead atoms. The number of rotatable bonds is 2. The molecule has 0 spiro atoms. The van der Waals surface area contributed by atoms with Crippen LogP contribution in [0.3, 0.4) is 0 Å². The summed E-state index contributed by atoms with van der Waals surface area (Å²) in [5, 5.41) is 7.87. The summed E-state index contributed by atoms with van der Waals surface area (Å²) in [6, 6.07) is 2.50. The van der Waals surface area contributed by atoms with Gasteiger partial charge in [0.1, 0.15) is 5.69 Å². The van der Waals surface area contributed by atoms with Gasteiger partial charge in [0.15, 0.2) is 0 Å². The standard InChI is InChI=1S/C15H24N4O/c1-11-9-14(18(2)17-11)15(20)19-8-4-5-12(10-19)13-6-3-7-16-13/h9,12-13,16H,3-8,10H2,1-2H3. The molecule has 1 amide bonds. The molecule has 2 aliphatic rings. The van der Waals surface area contributed by atoms with Crippen molar-refractivity contribution in [3.63, 3.8) is 0 Å². The summed E-state index contributed by atoms with van der Waals surface area (Å²) in [5.41, 5.74) is 1.62. The van der Waals surface area contributed by atoms with E-state index in [9.17, 15) is 4.79 Å². The van der Waals surface area contributed by atoms with Crippen molar-refractivity contribution in [1.82, 2.24) is 20.0 Å². The van der Waals surface area contributed by atoms with E-state index in [1.54, 1.807) is 4.68 Å². The third-order valence-electron chi connectivity index (χ3n) is 4.63. The molecule has 0 aliphatic carbocycles. The molecule has 5 heteroatoms. The maximum atomic E-state index is 12.6. The largest absolute Gasteiger partial charge is 0.337 e. The summed E-state index contributed by atoms with van der Waals surface area (Å²) < 4.78 is 1.70. The number of hydrogen-bond donors (Lipinski definition) is 1. The van der Waals surface area contributed by atoms with Gasteiger partial charge in [0, 0.05) is 26.2 Å². The Kier molecular flexibility index (Phi) is 3.78. The van der Waals surface area contributed by atoms with E-state index in [2.05, 4.69) is 10.4 Å². The van der Waals surface area contributed by atoms with Crippen LogP contribution in [-0.4, -0.2) is 46.3 Å². The van der Waals surface area contributed by atoms with Gasteiger partial charge in [-0.1, -0.05) is 0 Å². The lowest BCUT2D eigenvalue weighted by molar-refractivity contribution is 0.0640. The van der Waals surface area contributed by atoms with Crippen molar-refractivity contribution in [2.45, 2.75) is 38.6 Å². The first-order valence-electron chi connectivity index (χ1n) is 7.68. The molecule has 3 heterocycles. The van der Waals surface area contributed by atoms with Gasteiger partial charge in [-0.25, -0.2) is 0 Å². The van der Waals surface area contributed by atoms with Crippen molar-refractivity contribution >= 4 is 5.91 Å². The summed E-state index contributed by atoms with van der Waals surface area (Å²) in [7, 11) is 1.85. The van der Waals surface area contributed by atoms with E-state index in [-0.39, 0.29) is 5.91 Å². The number of carbonyl (C=O) groups excluding carboxylic acids is 1. The number of aryl methyl sites for hydroxylation is 2. The number of likely N-dealkylation sites (tertiary alicyclic amines) is 1. The number of amides is 1. The number of nitrogens with one attached hydrogen (secondary N) is 1. The first kappa shape index (κ1) is 13.6. The molecule has 110 valence electrons. The van der Waals surface area contributed by atoms with Crippen LogP contribution in [0.1, 0.15) is 41.9 Å². The molecular weight excluding hydrogens is 252 g/mol. The van der Waals surface area contributed by atoms with Crippen LogP contribution in [0.4, 0.5) is 0 Å². The normalized spacial score (nSPS) is 27.0. The fourth-order valence-electron chi connectivity index (χ4n) is 3.61. The zero-order valence-electron chi connectivity index (χ0n) is 12.4. The average Bonchev–Trinajstić information content (AvgIpc) is 3.08. The van der Waals surface area contributed by atoms with Crippen LogP contribution in [0.25, 0.3) is 0 Å². The lowest BCUT2D eigenvalue weighted by Gasteiger charge is -2.35. The van der Waals surface area contributed by atoms with Crippen LogP contribution >= 0.6 is 0 Å². The zero-order valence-corrected chi connectivity index (χ0v) is 12.4. The first-order valence-corrected chi connectivity index (χ1v) is 7.68. The smallest absolute Gasteiger partial charge is 0.272 e. The number of piperidine rings is 1. The van der Waals surface area contributed by atoms with Crippen molar-refractivity contribution in [3.05, 3.63) is 17.5 Å². The molecule has 1 aromatic rings. The van der Waals surface area contributed by atoms with E-state index in [1.807, 2.05) is 24.9 Å². The molecular formula is C15H24N4O. The summed E-state index contributed by atoms with van der Waals surface area (Å²) >= 11 is 0. The number of nitrogens with zero attached hydrogens (tertiary/aromatic N) is 3. The summed E-state index contributed by atoms with van der Waals surface area (Å²) in [5.74, 6) is 0.750. The minimum absolute atomic E-state index is 0.135. The van der Waals surface area contributed by atoms with Crippen molar-refractivity contribution in [2.24, 2.45) is 13.0 Å². The fraction of sp³-hybridized carbons (Fsp3) is 0.733. The summed E-state index contributed by atoms with van der Waals surface area (Å²) in [4.78, 5) is 14.7. The molecule has 0 aromatic carbocycles. The van der Waals surface area contributed by atoms with Crippen molar-refractivity contribution in [2.75, 3.05) is 19.6 Å². The van der Waals surface area contributed by atoms with E-state index in [0.29, 0.717) is 17.7 Å². The minimum atomic E-state index is 0.135. The SMILES string of the molecule is Cc1cc(C(=O)N2CCCC(C3CCCN3)C2)n(C)n1.